The molecule has 1 radical (unpaired) electrons. The molecule has 0 amide bonds. The Bertz CT molecular complexity index is 52.4. The summed E-state index contributed by atoms with van der Waals surface area (Å²) in [4.78, 5) is 0. The van der Waals surface area contributed by atoms with Crippen molar-refractivity contribution in [2.45, 2.75) is 18.9 Å². The van der Waals surface area contributed by atoms with Crippen molar-refractivity contribution in [2.24, 2.45) is 0 Å². The average molecular weight is 190 g/mol. The Morgan fingerprint density at radius 3 is 2.62 bits per heavy atom. The quantitative estimate of drug-likeness (QED) is 0.557. The van der Waals surface area contributed by atoms with Gasteiger partial charge in [0.2, 0.25) is 0 Å². The minimum Gasteiger partial charge on any atom is -0.550 e. The van der Waals surface area contributed by atoms with Gasteiger partial charge in [-0.2, -0.15) is 6.42 Å². The summed E-state index contributed by atoms with van der Waals surface area (Å²) in [5, 5.41) is 8.76. The fourth-order valence-electron chi connectivity index (χ4n) is 0.606. The Morgan fingerprint density at radius 1 is 1.62 bits per heavy atom. The summed E-state index contributed by atoms with van der Waals surface area (Å²) in [5.74, 6) is 0. The molecule has 0 bridgehead atoms. The minimum absolute atomic E-state index is 0. The third-order valence-corrected chi connectivity index (χ3v) is 1.02. The zero-order chi connectivity index (χ0) is 5.11. The van der Waals surface area contributed by atoms with Crippen molar-refractivity contribution in [1.29, 1.82) is 0 Å². The molecule has 1 atom stereocenters. The number of hydrogen-bond donors (Lipinski definition) is 1. The summed E-state index contributed by atoms with van der Waals surface area (Å²) >= 11 is 0. The van der Waals surface area contributed by atoms with Crippen LogP contribution in [0.3, 0.4) is 0 Å². The van der Waals surface area contributed by atoms with Crippen LogP contribution in [-0.4, -0.2) is 17.8 Å². The van der Waals surface area contributed by atoms with Gasteiger partial charge < -0.3 is 9.84 Å². The van der Waals surface area contributed by atoms with E-state index in [0.717, 1.165) is 12.8 Å². The van der Waals surface area contributed by atoms with Gasteiger partial charge in [-0.3, -0.25) is 0 Å². The Morgan fingerprint density at radius 2 is 2.38 bits per heavy atom. The maximum Gasteiger partial charge on any atom is 0.0720 e. The number of aliphatic hydroxyl groups is 1. The maximum absolute atomic E-state index is 8.76. The molecular weight excluding hydrogens is 181 g/mol. The van der Waals surface area contributed by atoms with Crippen LogP contribution in [0.2, 0.25) is 0 Å². The largest absolute Gasteiger partial charge is 0.550 e. The first-order valence-electron chi connectivity index (χ1n) is 2.51. The number of rotatable bonds is 0. The Hall–Kier alpha value is 1.02. The summed E-state index contributed by atoms with van der Waals surface area (Å²) in [5.41, 5.74) is 0. The number of aliphatic hydroxyl groups excluding tert-OH is 1. The van der Waals surface area contributed by atoms with E-state index in [4.69, 9.17) is 9.84 Å². The molecule has 45 valence electrons. The van der Waals surface area contributed by atoms with Gasteiger partial charge in [-0.1, -0.05) is 6.42 Å². The first kappa shape index (κ1) is 9.02. The fourth-order valence-corrected chi connectivity index (χ4v) is 0.606. The molecule has 1 unspecified atom stereocenters. The van der Waals surface area contributed by atoms with E-state index in [2.05, 4.69) is 0 Å². The van der Waals surface area contributed by atoms with Gasteiger partial charge in [-0.05, 0) is 0 Å². The zero-order valence-electron chi connectivity index (χ0n) is 4.71. The molecule has 1 aliphatic rings. The van der Waals surface area contributed by atoms with Crippen LogP contribution < -0.4 is 0 Å². The van der Waals surface area contributed by atoms with Gasteiger partial charge in [0.15, 0.2) is 0 Å². The molecular formula is C5H9O2Y-. The summed E-state index contributed by atoms with van der Waals surface area (Å²) in [6.45, 7) is 2.23. The van der Waals surface area contributed by atoms with Crippen LogP contribution in [-0.2, 0) is 37.4 Å². The second-order valence-electron chi connectivity index (χ2n) is 1.73. The van der Waals surface area contributed by atoms with Crippen molar-refractivity contribution in [1.82, 2.24) is 0 Å². The van der Waals surface area contributed by atoms with Gasteiger partial charge in [0, 0.05) is 39.3 Å². The number of ether oxygens (including phenoxy) is 1. The third kappa shape index (κ3) is 3.13. The molecule has 0 aromatic heterocycles. The van der Waals surface area contributed by atoms with Gasteiger partial charge in [-0.25, -0.2) is 6.61 Å². The van der Waals surface area contributed by atoms with Crippen LogP contribution in [0.25, 0.3) is 0 Å². The van der Waals surface area contributed by atoms with E-state index in [-0.39, 0.29) is 38.8 Å². The van der Waals surface area contributed by atoms with Gasteiger partial charge in [-0.15, -0.1) is 0 Å². The topological polar surface area (TPSA) is 29.5 Å². The van der Waals surface area contributed by atoms with E-state index in [9.17, 15) is 0 Å². The molecule has 0 spiro atoms. The van der Waals surface area contributed by atoms with Gasteiger partial charge in [0.1, 0.15) is 0 Å². The molecule has 3 heteroatoms. The van der Waals surface area contributed by atoms with E-state index in [1.54, 1.807) is 6.61 Å². The van der Waals surface area contributed by atoms with E-state index in [1.807, 2.05) is 0 Å². The minimum atomic E-state index is -0.218. The van der Waals surface area contributed by atoms with E-state index < -0.39 is 0 Å². The standard InChI is InChI=1S/C5H9O2.Y/c6-5-2-1-3-7-4-5;/h3,5-6H,1-2,4H2;/q-1;. The van der Waals surface area contributed by atoms with Crippen LogP contribution in [0.15, 0.2) is 0 Å². The van der Waals surface area contributed by atoms with Crippen molar-refractivity contribution in [3.8, 4) is 0 Å². The zero-order valence-corrected chi connectivity index (χ0v) is 7.55. The molecule has 0 aliphatic carbocycles. The number of hydrogen-bond acceptors (Lipinski definition) is 2. The molecule has 0 aromatic carbocycles. The van der Waals surface area contributed by atoms with E-state index in [0.29, 0.717) is 6.61 Å². The Balaban J connectivity index is 0.000000490. The van der Waals surface area contributed by atoms with E-state index >= 15 is 0 Å². The third-order valence-electron chi connectivity index (χ3n) is 1.02. The van der Waals surface area contributed by atoms with Crippen molar-refractivity contribution in [2.75, 3.05) is 6.61 Å². The predicted molar refractivity (Wildman–Crippen MR) is 25.5 cm³/mol. The normalized spacial score (nSPS) is 28.9. The van der Waals surface area contributed by atoms with Crippen LogP contribution in [0, 0.1) is 6.61 Å². The molecule has 0 aromatic rings. The summed E-state index contributed by atoms with van der Waals surface area (Å²) in [7, 11) is 0. The first-order chi connectivity index (χ1) is 3.39. The summed E-state index contributed by atoms with van der Waals surface area (Å²) in [6.07, 6.45) is 1.53. The molecule has 1 aliphatic heterocycles. The van der Waals surface area contributed by atoms with Gasteiger partial charge >= 0.3 is 0 Å². The van der Waals surface area contributed by atoms with Crippen molar-refractivity contribution in [3.63, 3.8) is 0 Å². The van der Waals surface area contributed by atoms with Crippen LogP contribution in [0.5, 0.6) is 0 Å². The second-order valence-corrected chi connectivity index (χ2v) is 1.73. The smallest absolute Gasteiger partial charge is 0.0720 e. The molecule has 0 saturated carbocycles. The molecule has 1 heterocycles. The van der Waals surface area contributed by atoms with Crippen LogP contribution in [0.4, 0.5) is 0 Å². The molecule has 1 saturated heterocycles. The van der Waals surface area contributed by atoms with Gasteiger partial charge in [0.05, 0.1) is 6.10 Å². The average Bonchev–Trinajstić information content (AvgIpc) is 1.69. The summed E-state index contributed by atoms with van der Waals surface area (Å²) in [6, 6.07) is 0. The van der Waals surface area contributed by atoms with Crippen LogP contribution in [0.1, 0.15) is 12.8 Å². The molecule has 1 rings (SSSR count). The Kier molecular flexibility index (Phi) is 5.48. The fraction of sp³-hybridized carbons (Fsp3) is 0.800. The monoisotopic (exact) mass is 190 g/mol. The first-order valence-corrected chi connectivity index (χ1v) is 2.51. The molecule has 1 N–H and O–H groups in total. The van der Waals surface area contributed by atoms with Gasteiger partial charge in [0.25, 0.3) is 0 Å². The van der Waals surface area contributed by atoms with Crippen molar-refractivity contribution >= 4 is 0 Å². The van der Waals surface area contributed by atoms with Crippen LogP contribution >= 0.6 is 0 Å². The molecule has 2 nitrogen and oxygen atoms in total. The molecule has 8 heavy (non-hydrogen) atoms. The maximum atomic E-state index is 8.76. The molecule has 1 fully saturated rings. The van der Waals surface area contributed by atoms with Crippen molar-refractivity contribution in [3.05, 3.63) is 6.61 Å². The van der Waals surface area contributed by atoms with E-state index in [1.165, 1.54) is 0 Å². The predicted octanol–water partition coefficient (Wildman–Crippen LogP) is 0.317. The Labute approximate surface area is 74.5 Å². The second kappa shape index (κ2) is 4.86. The summed E-state index contributed by atoms with van der Waals surface area (Å²) < 4.78 is 4.81. The van der Waals surface area contributed by atoms with Crippen molar-refractivity contribution < 1.29 is 42.6 Å². The SMILES string of the molecule is OC1CC[CH-]OC1.[Y].